The fraction of sp³-hybridized carbons (Fsp3) is 0.611. The first-order valence-electron chi connectivity index (χ1n) is 8.15. The third kappa shape index (κ3) is 2.76. The van der Waals surface area contributed by atoms with Gasteiger partial charge >= 0.3 is 0 Å². The van der Waals surface area contributed by atoms with E-state index in [2.05, 4.69) is 25.8 Å². The third-order valence-electron chi connectivity index (χ3n) is 5.56. The van der Waals surface area contributed by atoms with Crippen LogP contribution in [0.1, 0.15) is 37.8 Å². The molecule has 0 radical (unpaired) electrons. The number of amides is 1. The quantitative estimate of drug-likeness (QED) is 0.785. The van der Waals surface area contributed by atoms with Crippen molar-refractivity contribution >= 4 is 18.9 Å². The van der Waals surface area contributed by atoms with Crippen LogP contribution in [0.15, 0.2) is 12.1 Å². The lowest BCUT2D eigenvalue weighted by atomic mass is 10.1. The molecule has 3 nitrogen and oxygen atoms in total. The van der Waals surface area contributed by atoms with E-state index in [1.165, 1.54) is 0 Å². The summed E-state index contributed by atoms with van der Waals surface area (Å²) in [6, 6.07) is 3.96. The number of nitrogens with one attached hydrogen (secondary N) is 1. The molecule has 0 unspecified atom stereocenters. The SMILES string of the molecule is CC[P+](C)(CC)C1(C(=O)Nc2c(C)cc(OC)cc2C)CC1. The lowest BCUT2D eigenvalue weighted by molar-refractivity contribution is -0.116. The van der Waals surface area contributed by atoms with Crippen LogP contribution in [0.5, 0.6) is 5.75 Å². The van der Waals surface area contributed by atoms with Gasteiger partial charge in [-0.25, -0.2) is 0 Å². The van der Waals surface area contributed by atoms with E-state index in [1.54, 1.807) is 7.11 Å². The van der Waals surface area contributed by atoms with Crippen molar-refractivity contribution in [2.24, 2.45) is 0 Å². The topological polar surface area (TPSA) is 38.3 Å². The van der Waals surface area contributed by atoms with Crippen LogP contribution in [0, 0.1) is 13.8 Å². The Bertz CT molecular complexity index is 551. The van der Waals surface area contributed by atoms with Crippen LogP contribution in [0.2, 0.25) is 0 Å². The van der Waals surface area contributed by atoms with Crippen molar-refractivity contribution in [1.29, 1.82) is 0 Å². The van der Waals surface area contributed by atoms with E-state index in [4.69, 9.17) is 4.74 Å². The normalized spacial score (nSPS) is 16.3. The Hall–Kier alpha value is -1.08. The van der Waals surface area contributed by atoms with E-state index >= 15 is 0 Å². The molecule has 0 heterocycles. The van der Waals surface area contributed by atoms with Gasteiger partial charge in [-0.05, 0) is 51.0 Å². The van der Waals surface area contributed by atoms with Crippen molar-refractivity contribution in [3.8, 4) is 5.75 Å². The molecule has 1 N–H and O–H groups in total. The Morgan fingerprint density at radius 3 is 2.09 bits per heavy atom. The predicted octanol–water partition coefficient (Wildman–Crippen LogP) is 4.47. The molecule has 2 rings (SSSR count). The number of methoxy groups -OCH3 is 1. The van der Waals surface area contributed by atoms with Crippen LogP contribution in [0.4, 0.5) is 5.69 Å². The Morgan fingerprint density at radius 2 is 1.73 bits per heavy atom. The molecule has 0 aromatic heterocycles. The summed E-state index contributed by atoms with van der Waals surface area (Å²) in [5.74, 6) is 1.08. The largest absolute Gasteiger partial charge is 0.497 e. The fourth-order valence-electron chi connectivity index (χ4n) is 3.43. The van der Waals surface area contributed by atoms with Crippen LogP contribution in [-0.4, -0.2) is 37.2 Å². The standard InChI is InChI=1S/C18H28NO2P/c1-7-22(6,8-2)18(9-10-18)17(20)19-16-13(3)11-15(21-5)12-14(16)4/h11-12H,7-10H2,1-6H3/p+1. The lowest BCUT2D eigenvalue weighted by Gasteiger charge is -2.29. The summed E-state index contributed by atoms with van der Waals surface area (Å²) < 4.78 is 5.30. The van der Waals surface area contributed by atoms with Gasteiger partial charge in [0.05, 0.1) is 19.4 Å². The van der Waals surface area contributed by atoms with Gasteiger partial charge in [0.25, 0.3) is 5.91 Å². The van der Waals surface area contributed by atoms with E-state index in [-0.39, 0.29) is 11.1 Å². The number of rotatable bonds is 6. The number of carbonyl (C=O) groups is 1. The summed E-state index contributed by atoms with van der Waals surface area (Å²) in [6.07, 6.45) is 4.41. The van der Waals surface area contributed by atoms with Crippen molar-refractivity contribution < 1.29 is 9.53 Å². The van der Waals surface area contributed by atoms with Gasteiger partial charge in [0, 0.05) is 32.5 Å². The molecule has 4 heteroatoms. The molecule has 122 valence electrons. The van der Waals surface area contributed by atoms with E-state index in [0.29, 0.717) is 0 Å². The number of carbonyl (C=O) groups excluding carboxylic acids is 1. The average molecular weight is 322 g/mol. The Labute approximate surface area is 135 Å². The van der Waals surface area contributed by atoms with Crippen molar-refractivity contribution in [2.45, 2.75) is 45.7 Å². The highest BCUT2D eigenvalue weighted by atomic mass is 31.2. The fourth-order valence-corrected chi connectivity index (χ4v) is 6.82. The van der Waals surface area contributed by atoms with Crippen LogP contribution < -0.4 is 10.1 Å². The number of hydrogen-bond donors (Lipinski definition) is 1. The van der Waals surface area contributed by atoms with Gasteiger partial charge in [-0.3, -0.25) is 4.79 Å². The molecule has 1 aliphatic rings. The minimum absolute atomic E-state index is 0.0741. The molecule has 1 saturated carbocycles. The maximum atomic E-state index is 13.0. The molecule has 1 aromatic carbocycles. The summed E-state index contributed by atoms with van der Waals surface area (Å²) in [5, 5.41) is 3.17. The van der Waals surface area contributed by atoms with Gasteiger partial charge in [0.2, 0.25) is 0 Å². The van der Waals surface area contributed by atoms with E-state index in [1.807, 2.05) is 26.0 Å². The predicted molar refractivity (Wildman–Crippen MR) is 97.0 cm³/mol. The van der Waals surface area contributed by atoms with Crippen LogP contribution in [-0.2, 0) is 4.79 Å². The number of hydrogen-bond acceptors (Lipinski definition) is 2. The summed E-state index contributed by atoms with van der Waals surface area (Å²) in [7, 11) is 0.472. The average Bonchev–Trinajstić information content (AvgIpc) is 3.31. The van der Waals surface area contributed by atoms with Gasteiger partial charge in [-0.15, -0.1) is 0 Å². The van der Waals surface area contributed by atoms with Crippen LogP contribution in [0.3, 0.4) is 0 Å². The highest BCUT2D eigenvalue weighted by Crippen LogP contribution is 2.75. The highest BCUT2D eigenvalue weighted by molar-refractivity contribution is 7.77. The van der Waals surface area contributed by atoms with E-state index in [9.17, 15) is 4.79 Å². The summed E-state index contributed by atoms with van der Waals surface area (Å²) in [4.78, 5) is 13.0. The van der Waals surface area contributed by atoms with Gasteiger partial charge in [0.15, 0.2) is 5.16 Å². The number of benzene rings is 1. The molecule has 1 aromatic rings. The third-order valence-corrected chi connectivity index (χ3v) is 11.1. The Morgan fingerprint density at radius 1 is 1.23 bits per heavy atom. The van der Waals surface area contributed by atoms with E-state index < -0.39 is 7.26 Å². The molecule has 1 aliphatic carbocycles. The molecule has 0 spiro atoms. The second kappa shape index (κ2) is 6.20. The van der Waals surface area contributed by atoms with Crippen LogP contribution >= 0.6 is 7.26 Å². The van der Waals surface area contributed by atoms with Crippen LogP contribution in [0.25, 0.3) is 0 Å². The van der Waals surface area contributed by atoms with Gasteiger partial charge < -0.3 is 10.1 Å². The molecule has 1 amide bonds. The number of anilines is 1. The first kappa shape index (κ1) is 17.3. The summed E-state index contributed by atoms with van der Waals surface area (Å²) in [6.45, 7) is 10.9. The smallest absolute Gasteiger partial charge is 0.268 e. The molecule has 0 saturated heterocycles. The molecule has 0 aliphatic heterocycles. The van der Waals surface area contributed by atoms with Crippen molar-refractivity contribution in [2.75, 3.05) is 31.4 Å². The monoisotopic (exact) mass is 322 g/mol. The zero-order valence-corrected chi connectivity index (χ0v) is 15.6. The summed E-state index contributed by atoms with van der Waals surface area (Å²) in [5.41, 5.74) is 3.08. The van der Waals surface area contributed by atoms with E-state index in [0.717, 1.165) is 47.7 Å². The minimum Gasteiger partial charge on any atom is -0.497 e. The minimum atomic E-state index is -1.20. The first-order valence-corrected chi connectivity index (χ1v) is 10.8. The number of ether oxygens (including phenoxy) is 1. The molecular formula is C18H29NO2P+. The Balaban J connectivity index is 2.27. The van der Waals surface area contributed by atoms with Gasteiger partial charge in [-0.2, -0.15) is 0 Å². The first-order chi connectivity index (χ1) is 10.3. The second-order valence-corrected chi connectivity index (χ2v) is 11.6. The van der Waals surface area contributed by atoms with Crippen molar-refractivity contribution in [3.63, 3.8) is 0 Å². The molecule has 0 bridgehead atoms. The second-order valence-electron chi connectivity index (χ2n) is 6.65. The zero-order valence-electron chi connectivity index (χ0n) is 14.7. The van der Waals surface area contributed by atoms with Gasteiger partial charge in [0.1, 0.15) is 5.75 Å². The maximum absolute atomic E-state index is 13.0. The summed E-state index contributed by atoms with van der Waals surface area (Å²) >= 11 is 0. The van der Waals surface area contributed by atoms with Crippen molar-refractivity contribution in [3.05, 3.63) is 23.3 Å². The molecular weight excluding hydrogens is 293 g/mol. The molecule has 1 fully saturated rings. The van der Waals surface area contributed by atoms with Crippen molar-refractivity contribution in [1.82, 2.24) is 0 Å². The Kier molecular flexibility index (Phi) is 4.87. The molecule has 0 atom stereocenters. The zero-order chi connectivity index (χ0) is 16.5. The number of aryl methyl sites for hydroxylation is 2. The lowest BCUT2D eigenvalue weighted by Crippen LogP contribution is -2.34. The van der Waals surface area contributed by atoms with Gasteiger partial charge in [-0.1, -0.05) is 0 Å². The maximum Gasteiger partial charge on any atom is 0.268 e. The molecule has 22 heavy (non-hydrogen) atoms. The highest BCUT2D eigenvalue weighted by Gasteiger charge is 2.66.